The van der Waals surface area contributed by atoms with Gasteiger partial charge in [0.25, 0.3) is 0 Å². The number of pyridine rings is 2. The summed E-state index contributed by atoms with van der Waals surface area (Å²) in [6, 6.07) is 17.0. The van der Waals surface area contributed by atoms with Gasteiger partial charge in [0.15, 0.2) is 0 Å². The van der Waals surface area contributed by atoms with Crippen LogP contribution in [0, 0.1) is 5.82 Å². The number of hydrogen-bond donors (Lipinski definition) is 1. The van der Waals surface area contributed by atoms with E-state index in [4.69, 9.17) is 4.74 Å². The molecule has 174 valence electrons. The predicted molar refractivity (Wildman–Crippen MR) is 132 cm³/mol. The first kappa shape index (κ1) is 23.4. The summed E-state index contributed by atoms with van der Waals surface area (Å²) in [6.45, 7) is 2.93. The lowest BCUT2D eigenvalue weighted by atomic mass is 10.0. The number of ether oxygens (including phenoxy) is 1. The number of rotatable bonds is 10. The van der Waals surface area contributed by atoms with E-state index >= 15 is 0 Å². The van der Waals surface area contributed by atoms with Crippen LogP contribution in [-0.4, -0.2) is 27.7 Å². The standard InChI is InChI=1S/C28H27FN2O3/c1-2-3-4-5-6-15-34-22-11-7-19(8-12-22)20-9-13-26(30-18-20)27-17-24(28(32)33)23-16-21(29)10-14-25(23)31-27/h7-14,16-18H,2-6,15H2,1H3,(H,32,33). The van der Waals surface area contributed by atoms with Gasteiger partial charge in [-0.2, -0.15) is 0 Å². The van der Waals surface area contributed by atoms with Gasteiger partial charge in [-0.15, -0.1) is 0 Å². The summed E-state index contributed by atoms with van der Waals surface area (Å²) in [4.78, 5) is 20.7. The normalized spacial score (nSPS) is 11.0. The Morgan fingerprint density at radius 2 is 1.68 bits per heavy atom. The van der Waals surface area contributed by atoms with E-state index in [0.717, 1.165) is 29.9 Å². The number of carboxylic acid groups (broad SMARTS) is 1. The van der Waals surface area contributed by atoms with Crippen molar-refractivity contribution in [3.63, 3.8) is 0 Å². The Hall–Kier alpha value is -3.80. The summed E-state index contributed by atoms with van der Waals surface area (Å²) >= 11 is 0. The van der Waals surface area contributed by atoms with Crippen molar-refractivity contribution in [1.82, 2.24) is 9.97 Å². The van der Waals surface area contributed by atoms with E-state index in [9.17, 15) is 14.3 Å². The molecule has 0 bridgehead atoms. The van der Waals surface area contributed by atoms with Crippen LogP contribution in [0.25, 0.3) is 33.4 Å². The quantitative estimate of drug-likeness (QED) is 0.256. The minimum absolute atomic E-state index is 0.00803. The molecule has 2 heterocycles. The number of benzene rings is 2. The zero-order valence-corrected chi connectivity index (χ0v) is 19.1. The molecule has 0 spiro atoms. The number of aromatic carboxylic acids is 1. The Morgan fingerprint density at radius 1 is 0.912 bits per heavy atom. The molecule has 5 nitrogen and oxygen atoms in total. The number of carboxylic acids is 1. The molecule has 0 amide bonds. The van der Waals surface area contributed by atoms with Crippen molar-refractivity contribution in [1.29, 1.82) is 0 Å². The molecule has 0 saturated heterocycles. The lowest BCUT2D eigenvalue weighted by molar-refractivity contribution is 0.0699. The zero-order chi connectivity index (χ0) is 23.9. The summed E-state index contributed by atoms with van der Waals surface area (Å²) in [7, 11) is 0. The van der Waals surface area contributed by atoms with E-state index in [2.05, 4.69) is 16.9 Å². The van der Waals surface area contributed by atoms with Gasteiger partial charge in [-0.3, -0.25) is 4.98 Å². The van der Waals surface area contributed by atoms with Crippen LogP contribution in [0.1, 0.15) is 49.4 Å². The third kappa shape index (κ3) is 5.57. The van der Waals surface area contributed by atoms with Gasteiger partial charge in [-0.25, -0.2) is 14.2 Å². The van der Waals surface area contributed by atoms with Gasteiger partial charge in [-0.05, 0) is 54.4 Å². The topological polar surface area (TPSA) is 72.3 Å². The van der Waals surface area contributed by atoms with Gasteiger partial charge in [0.2, 0.25) is 0 Å². The van der Waals surface area contributed by atoms with Crippen LogP contribution in [0.15, 0.2) is 66.9 Å². The average Bonchev–Trinajstić information content (AvgIpc) is 2.86. The van der Waals surface area contributed by atoms with E-state index < -0.39 is 11.8 Å². The van der Waals surface area contributed by atoms with Crippen LogP contribution in [0.5, 0.6) is 5.75 Å². The van der Waals surface area contributed by atoms with Crippen molar-refractivity contribution < 1.29 is 19.0 Å². The molecule has 0 radical (unpaired) electrons. The van der Waals surface area contributed by atoms with Crippen molar-refractivity contribution in [2.45, 2.75) is 39.0 Å². The van der Waals surface area contributed by atoms with Gasteiger partial charge in [0.05, 0.1) is 29.1 Å². The number of halogens is 1. The first-order valence-electron chi connectivity index (χ1n) is 11.6. The molecule has 6 heteroatoms. The molecule has 0 aliphatic carbocycles. The summed E-state index contributed by atoms with van der Waals surface area (Å²) < 4.78 is 19.4. The largest absolute Gasteiger partial charge is 0.494 e. The van der Waals surface area contributed by atoms with Crippen LogP contribution in [0.3, 0.4) is 0 Å². The molecule has 0 atom stereocenters. The van der Waals surface area contributed by atoms with E-state index in [1.165, 1.54) is 49.9 Å². The smallest absolute Gasteiger partial charge is 0.336 e. The second-order valence-electron chi connectivity index (χ2n) is 8.24. The molecule has 0 saturated carbocycles. The molecule has 0 aliphatic heterocycles. The lowest BCUT2D eigenvalue weighted by Crippen LogP contribution is -2.01. The predicted octanol–water partition coefficient (Wildman–Crippen LogP) is 7.15. The first-order valence-corrected chi connectivity index (χ1v) is 11.6. The van der Waals surface area contributed by atoms with Crippen molar-refractivity contribution >= 4 is 16.9 Å². The highest BCUT2D eigenvalue weighted by Gasteiger charge is 2.14. The Bertz CT molecular complexity index is 1270. The van der Waals surface area contributed by atoms with Gasteiger partial charge >= 0.3 is 5.97 Å². The Kier molecular flexibility index (Phi) is 7.48. The van der Waals surface area contributed by atoms with Crippen molar-refractivity contribution in [3.05, 3.63) is 78.2 Å². The van der Waals surface area contributed by atoms with Gasteiger partial charge in [0.1, 0.15) is 11.6 Å². The number of aromatic nitrogens is 2. The fourth-order valence-corrected chi connectivity index (χ4v) is 3.86. The van der Waals surface area contributed by atoms with Crippen molar-refractivity contribution in [2.75, 3.05) is 6.61 Å². The minimum atomic E-state index is -1.14. The highest BCUT2D eigenvalue weighted by Crippen LogP contribution is 2.27. The minimum Gasteiger partial charge on any atom is -0.494 e. The summed E-state index contributed by atoms with van der Waals surface area (Å²) in [6.07, 6.45) is 7.76. The number of nitrogens with zero attached hydrogens (tertiary/aromatic N) is 2. The van der Waals surface area contributed by atoms with Crippen molar-refractivity contribution in [2.24, 2.45) is 0 Å². The molecule has 4 rings (SSSR count). The van der Waals surface area contributed by atoms with Crippen LogP contribution < -0.4 is 4.74 Å². The SMILES string of the molecule is CCCCCCCOc1ccc(-c2ccc(-c3cc(C(=O)O)c4cc(F)ccc4n3)nc2)cc1. The third-order valence-electron chi connectivity index (χ3n) is 5.73. The molecule has 1 N–H and O–H groups in total. The van der Waals surface area contributed by atoms with Crippen LogP contribution in [0.4, 0.5) is 4.39 Å². The maximum Gasteiger partial charge on any atom is 0.336 e. The summed E-state index contributed by atoms with van der Waals surface area (Å²) in [5.41, 5.74) is 3.29. The summed E-state index contributed by atoms with van der Waals surface area (Å²) in [5, 5.41) is 9.84. The monoisotopic (exact) mass is 458 g/mol. The molecule has 0 fully saturated rings. The van der Waals surface area contributed by atoms with Crippen molar-refractivity contribution in [3.8, 4) is 28.3 Å². The van der Waals surface area contributed by atoms with E-state index in [-0.39, 0.29) is 10.9 Å². The molecular weight excluding hydrogens is 431 g/mol. The Morgan fingerprint density at radius 3 is 2.38 bits per heavy atom. The average molecular weight is 459 g/mol. The first-order chi connectivity index (χ1) is 16.5. The molecule has 0 aliphatic rings. The van der Waals surface area contributed by atoms with E-state index in [1.54, 1.807) is 12.3 Å². The molecule has 4 aromatic rings. The lowest BCUT2D eigenvalue weighted by Gasteiger charge is -2.09. The van der Waals surface area contributed by atoms with E-state index in [0.29, 0.717) is 16.9 Å². The van der Waals surface area contributed by atoms with Gasteiger partial charge < -0.3 is 9.84 Å². The molecule has 0 unspecified atom stereocenters. The van der Waals surface area contributed by atoms with Gasteiger partial charge in [0, 0.05) is 17.1 Å². The highest BCUT2D eigenvalue weighted by molar-refractivity contribution is 6.03. The summed E-state index contributed by atoms with van der Waals surface area (Å²) in [5.74, 6) is -0.795. The molecule has 34 heavy (non-hydrogen) atoms. The van der Waals surface area contributed by atoms with Crippen LogP contribution in [-0.2, 0) is 0 Å². The fraction of sp³-hybridized carbons (Fsp3) is 0.250. The zero-order valence-electron chi connectivity index (χ0n) is 19.1. The molecule has 2 aromatic carbocycles. The maximum atomic E-state index is 13.6. The van der Waals surface area contributed by atoms with Gasteiger partial charge in [-0.1, -0.05) is 50.8 Å². The molecule has 2 aromatic heterocycles. The third-order valence-corrected chi connectivity index (χ3v) is 5.73. The van der Waals surface area contributed by atoms with Crippen LogP contribution >= 0.6 is 0 Å². The highest BCUT2D eigenvalue weighted by atomic mass is 19.1. The second kappa shape index (κ2) is 10.9. The van der Waals surface area contributed by atoms with Crippen LogP contribution in [0.2, 0.25) is 0 Å². The second-order valence-corrected chi connectivity index (χ2v) is 8.24. The fourth-order valence-electron chi connectivity index (χ4n) is 3.86. The number of carbonyl (C=O) groups is 1. The number of hydrogen-bond acceptors (Lipinski definition) is 4. The number of unbranched alkanes of at least 4 members (excludes halogenated alkanes) is 4. The van der Waals surface area contributed by atoms with E-state index in [1.807, 2.05) is 30.3 Å². The molecular formula is C28H27FN2O3. The Labute approximate surface area is 198 Å². The maximum absolute atomic E-state index is 13.6. The Balaban J connectivity index is 1.48. The number of fused-ring (bicyclic) bond motifs is 1.